The van der Waals surface area contributed by atoms with Crippen LogP contribution < -0.4 is 4.74 Å². The lowest BCUT2D eigenvalue weighted by Crippen LogP contribution is -2.04. The molecule has 22 heavy (non-hydrogen) atoms. The van der Waals surface area contributed by atoms with Crippen molar-refractivity contribution in [2.75, 3.05) is 13.7 Å². The summed E-state index contributed by atoms with van der Waals surface area (Å²) < 4.78 is 10.4. The molecule has 1 unspecified atom stereocenters. The van der Waals surface area contributed by atoms with E-state index < -0.39 is 0 Å². The largest absolute Gasteiger partial charge is 0.496 e. The van der Waals surface area contributed by atoms with Crippen molar-refractivity contribution in [1.29, 1.82) is 0 Å². The number of aliphatic hydroxyl groups excluding tert-OH is 1. The van der Waals surface area contributed by atoms with E-state index in [1.165, 1.54) is 0 Å². The van der Waals surface area contributed by atoms with E-state index in [4.69, 9.17) is 9.47 Å². The Kier molecular flexibility index (Phi) is 6.25. The number of ether oxygens (including phenoxy) is 2. The fraction of sp³-hybridized carbons (Fsp3) is 0.611. The van der Waals surface area contributed by atoms with Gasteiger partial charge in [0.15, 0.2) is 0 Å². The van der Waals surface area contributed by atoms with E-state index in [-0.39, 0.29) is 12.1 Å². The van der Waals surface area contributed by atoms with E-state index >= 15 is 0 Å². The number of aliphatic hydroxyl groups is 1. The highest BCUT2D eigenvalue weighted by molar-refractivity contribution is 5.69. The Hall–Kier alpha value is -1.55. The number of carbonyl (C=O) groups excluding carboxylic acids is 1. The second-order valence-electron chi connectivity index (χ2n) is 5.87. The third-order valence-corrected chi connectivity index (χ3v) is 4.10. The van der Waals surface area contributed by atoms with Crippen LogP contribution in [-0.4, -0.2) is 24.8 Å². The summed E-state index contributed by atoms with van der Waals surface area (Å²) in [6, 6.07) is 5.97. The average molecular weight is 306 g/mol. The van der Waals surface area contributed by atoms with Gasteiger partial charge in [-0.1, -0.05) is 12.1 Å². The molecule has 0 bridgehead atoms. The lowest BCUT2D eigenvalue weighted by atomic mass is 10.00. The highest BCUT2D eigenvalue weighted by Gasteiger charge is 2.31. The Bertz CT molecular complexity index is 494. The first-order valence-corrected chi connectivity index (χ1v) is 8.16. The van der Waals surface area contributed by atoms with Crippen LogP contribution in [0.3, 0.4) is 0 Å². The van der Waals surface area contributed by atoms with Gasteiger partial charge in [0.2, 0.25) is 0 Å². The van der Waals surface area contributed by atoms with E-state index in [1.807, 2.05) is 25.1 Å². The van der Waals surface area contributed by atoms with Gasteiger partial charge in [-0.05, 0) is 62.1 Å². The zero-order chi connectivity index (χ0) is 15.9. The molecule has 1 aliphatic rings. The molecule has 4 heteroatoms. The molecule has 0 aliphatic heterocycles. The molecule has 0 aromatic heterocycles. The zero-order valence-corrected chi connectivity index (χ0v) is 13.5. The number of benzene rings is 1. The fourth-order valence-electron chi connectivity index (χ4n) is 2.65. The molecule has 1 fully saturated rings. The number of carbonyl (C=O) groups is 1. The lowest BCUT2D eigenvalue weighted by Gasteiger charge is -2.14. The summed E-state index contributed by atoms with van der Waals surface area (Å²) in [5.41, 5.74) is 2.06. The molecule has 1 N–H and O–H groups in total. The molecule has 0 heterocycles. The standard InChI is InChI=1S/C18H26O4/c1-3-22-17(19)7-5-4-6-13-8-11-15(12-16(13)21-2)18(20)14-9-10-14/h8,11-12,14,18,20H,3-7,9-10H2,1-2H3. The van der Waals surface area contributed by atoms with Crippen molar-refractivity contribution in [2.24, 2.45) is 5.92 Å². The van der Waals surface area contributed by atoms with Crippen LogP contribution in [0.1, 0.15) is 56.3 Å². The number of hydrogen-bond acceptors (Lipinski definition) is 4. The highest BCUT2D eigenvalue weighted by atomic mass is 16.5. The minimum Gasteiger partial charge on any atom is -0.496 e. The van der Waals surface area contributed by atoms with Crippen LogP contribution in [0.2, 0.25) is 0 Å². The number of esters is 1. The van der Waals surface area contributed by atoms with Gasteiger partial charge in [-0.3, -0.25) is 4.79 Å². The molecule has 2 rings (SSSR count). The fourth-order valence-corrected chi connectivity index (χ4v) is 2.65. The maximum atomic E-state index is 11.3. The van der Waals surface area contributed by atoms with Crippen LogP contribution in [0.15, 0.2) is 18.2 Å². The van der Waals surface area contributed by atoms with E-state index in [1.54, 1.807) is 7.11 Å². The Labute approximate surface area is 132 Å². The molecule has 1 saturated carbocycles. The number of methoxy groups -OCH3 is 1. The Morgan fingerprint density at radius 2 is 2.14 bits per heavy atom. The SMILES string of the molecule is CCOC(=O)CCCCc1ccc(C(O)C2CC2)cc1OC. The first-order chi connectivity index (χ1) is 10.7. The van der Waals surface area contributed by atoms with Gasteiger partial charge in [-0.2, -0.15) is 0 Å². The van der Waals surface area contributed by atoms with Gasteiger partial charge in [0, 0.05) is 6.42 Å². The molecule has 0 saturated heterocycles. The summed E-state index contributed by atoms with van der Waals surface area (Å²) in [6.07, 6.45) is 4.91. The summed E-state index contributed by atoms with van der Waals surface area (Å²) in [4.78, 5) is 11.3. The molecular formula is C18H26O4. The Morgan fingerprint density at radius 1 is 1.36 bits per heavy atom. The molecule has 1 aromatic carbocycles. The normalized spacial score (nSPS) is 15.4. The first-order valence-electron chi connectivity index (χ1n) is 8.16. The molecule has 0 spiro atoms. The minimum absolute atomic E-state index is 0.127. The number of unbranched alkanes of at least 4 members (excludes halogenated alkanes) is 1. The summed E-state index contributed by atoms with van der Waals surface area (Å²) in [5.74, 6) is 1.12. The summed E-state index contributed by atoms with van der Waals surface area (Å²) in [7, 11) is 1.66. The number of aryl methyl sites for hydroxylation is 1. The van der Waals surface area contributed by atoms with Crippen molar-refractivity contribution in [3.8, 4) is 5.75 Å². The van der Waals surface area contributed by atoms with E-state index in [2.05, 4.69) is 0 Å². The van der Waals surface area contributed by atoms with Crippen molar-refractivity contribution in [2.45, 2.75) is 51.6 Å². The van der Waals surface area contributed by atoms with Crippen LogP contribution >= 0.6 is 0 Å². The van der Waals surface area contributed by atoms with E-state index in [0.29, 0.717) is 18.9 Å². The van der Waals surface area contributed by atoms with Crippen molar-refractivity contribution >= 4 is 5.97 Å². The summed E-state index contributed by atoms with van der Waals surface area (Å²) in [5, 5.41) is 10.2. The van der Waals surface area contributed by atoms with Crippen molar-refractivity contribution < 1.29 is 19.4 Å². The number of hydrogen-bond donors (Lipinski definition) is 1. The quantitative estimate of drug-likeness (QED) is 0.561. The van der Waals surface area contributed by atoms with Gasteiger partial charge in [0.05, 0.1) is 19.8 Å². The van der Waals surface area contributed by atoms with Crippen molar-refractivity contribution in [3.63, 3.8) is 0 Å². The molecule has 0 amide bonds. The average Bonchev–Trinajstić information content (AvgIpc) is 3.36. The Morgan fingerprint density at radius 3 is 2.77 bits per heavy atom. The molecular weight excluding hydrogens is 280 g/mol. The van der Waals surface area contributed by atoms with Crippen LogP contribution in [-0.2, 0) is 16.0 Å². The molecule has 122 valence electrons. The number of rotatable bonds is 9. The summed E-state index contributed by atoms with van der Waals surface area (Å²) in [6.45, 7) is 2.26. The van der Waals surface area contributed by atoms with Gasteiger partial charge < -0.3 is 14.6 Å². The van der Waals surface area contributed by atoms with Gasteiger partial charge in [-0.25, -0.2) is 0 Å². The van der Waals surface area contributed by atoms with Crippen LogP contribution in [0, 0.1) is 5.92 Å². The van der Waals surface area contributed by atoms with Crippen LogP contribution in [0.5, 0.6) is 5.75 Å². The van der Waals surface area contributed by atoms with Crippen LogP contribution in [0.25, 0.3) is 0 Å². The third kappa shape index (κ3) is 4.73. The minimum atomic E-state index is -0.369. The van der Waals surface area contributed by atoms with Gasteiger partial charge in [0.25, 0.3) is 0 Å². The molecule has 4 nitrogen and oxygen atoms in total. The second-order valence-corrected chi connectivity index (χ2v) is 5.87. The van der Waals surface area contributed by atoms with E-state index in [0.717, 1.165) is 49.0 Å². The lowest BCUT2D eigenvalue weighted by molar-refractivity contribution is -0.143. The second kappa shape index (κ2) is 8.18. The third-order valence-electron chi connectivity index (χ3n) is 4.10. The molecule has 1 aliphatic carbocycles. The van der Waals surface area contributed by atoms with Gasteiger partial charge in [-0.15, -0.1) is 0 Å². The van der Waals surface area contributed by atoms with Crippen molar-refractivity contribution in [3.05, 3.63) is 29.3 Å². The Balaban J connectivity index is 1.86. The molecule has 1 aromatic rings. The zero-order valence-electron chi connectivity index (χ0n) is 13.5. The monoisotopic (exact) mass is 306 g/mol. The maximum Gasteiger partial charge on any atom is 0.305 e. The highest BCUT2D eigenvalue weighted by Crippen LogP contribution is 2.41. The molecule has 0 radical (unpaired) electrons. The first kappa shape index (κ1) is 16.8. The van der Waals surface area contributed by atoms with Crippen LogP contribution in [0.4, 0.5) is 0 Å². The topological polar surface area (TPSA) is 55.8 Å². The molecule has 1 atom stereocenters. The maximum absolute atomic E-state index is 11.3. The predicted octanol–water partition coefficient (Wildman–Crippen LogP) is 3.41. The van der Waals surface area contributed by atoms with Gasteiger partial charge >= 0.3 is 5.97 Å². The predicted molar refractivity (Wildman–Crippen MR) is 84.9 cm³/mol. The smallest absolute Gasteiger partial charge is 0.305 e. The van der Waals surface area contributed by atoms with Crippen molar-refractivity contribution in [1.82, 2.24) is 0 Å². The van der Waals surface area contributed by atoms with Gasteiger partial charge in [0.1, 0.15) is 5.75 Å². The van der Waals surface area contributed by atoms with E-state index in [9.17, 15) is 9.90 Å². The summed E-state index contributed by atoms with van der Waals surface area (Å²) >= 11 is 0.